The summed E-state index contributed by atoms with van der Waals surface area (Å²) in [4.78, 5) is 2.85. The Balaban J connectivity index is 0.000000254. The highest BCUT2D eigenvalue weighted by atomic mass is 35.7. The molecule has 0 aromatic heterocycles. The Morgan fingerprint density at radius 3 is 2.59 bits per heavy atom. The molecule has 6 nitrogen and oxygen atoms in total. The maximum atomic E-state index is 8.49. The van der Waals surface area contributed by atoms with E-state index in [1.807, 2.05) is 5.71 Å². The van der Waals surface area contributed by atoms with Crippen LogP contribution in [0, 0.1) is 22.1 Å². The quantitative estimate of drug-likeness (QED) is 0.452. The Labute approximate surface area is 133 Å². The van der Waals surface area contributed by atoms with Crippen molar-refractivity contribution in [3.63, 3.8) is 0 Å². The monoisotopic (exact) mass is 332 g/mol. The minimum atomic E-state index is -4.94. The van der Waals surface area contributed by atoms with Gasteiger partial charge in [0.15, 0.2) is 5.71 Å². The van der Waals surface area contributed by atoms with Gasteiger partial charge in [-0.3, -0.25) is 4.90 Å². The van der Waals surface area contributed by atoms with Gasteiger partial charge in [0.05, 0.1) is 5.92 Å². The highest BCUT2D eigenvalue weighted by Gasteiger charge is 2.46. The van der Waals surface area contributed by atoms with Crippen LogP contribution in [0.5, 0.6) is 0 Å². The standard InChI is InChI=1S/C15H25N2.ClHO4/c1-3-7-16-11-13-9-12(14(16)5-1)10-17-8-4-2-6-15(13)17;2-1(3,4)5/h12-14H,1-11H2;(H,2,3,4,5)/q+1;/p-1/t12-,13-,14-;/m0./s1. The van der Waals surface area contributed by atoms with Crippen molar-refractivity contribution in [1.82, 2.24) is 4.90 Å². The maximum Gasteiger partial charge on any atom is 0.156 e. The average molecular weight is 333 g/mol. The van der Waals surface area contributed by atoms with Gasteiger partial charge >= 0.3 is 0 Å². The zero-order chi connectivity index (χ0) is 15.7. The molecule has 4 aliphatic rings. The van der Waals surface area contributed by atoms with Crippen LogP contribution in [-0.2, 0) is 0 Å². The molecule has 7 heteroatoms. The lowest BCUT2D eigenvalue weighted by Crippen LogP contribution is -2.68. The van der Waals surface area contributed by atoms with Gasteiger partial charge in [-0.1, -0.05) is 6.42 Å². The molecule has 3 atom stereocenters. The van der Waals surface area contributed by atoms with Crippen LogP contribution >= 0.6 is 0 Å². The van der Waals surface area contributed by atoms with Crippen molar-refractivity contribution in [2.45, 2.75) is 51.0 Å². The van der Waals surface area contributed by atoms with E-state index in [-0.39, 0.29) is 0 Å². The molecule has 0 unspecified atom stereocenters. The van der Waals surface area contributed by atoms with E-state index < -0.39 is 10.2 Å². The molecule has 0 amide bonds. The van der Waals surface area contributed by atoms with E-state index in [0.29, 0.717) is 0 Å². The molecule has 2 fully saturated rings. The summed E-state index contributed by atoms with van der Waals surface area (Å²) in [6.45, 7) is 5.56. The maximum absolute atomic E-state index is 8.49. The van der Waals surface area contributed by atoms with Gasteiger partial charge in [-0.15, -0.1) is 10.2 Å². The summed E-state index contributed by atoms with van der Waals surface area (Å²) >= 11 is 0. The third-order valence-electron chi connectivity index (χ3n) is 5.69. The number of piperidine rings is 2. The molecule has 22 heavy (non-hydrogen) atoms. The van der Waals surface area contributed by atoms with Gasteiger partial charge in [-0.05, 0) is 32.2 Å². The lowest BCUT2D eigenvalue weighted by Gasteiger charge is -2.48. The van der Waals surface area contributed by atoms with Crippen molar-refractivity contribution >= 4 is 5.71 Å². The molecule has 4 heterocycles. The Hall–Kier alpha value is -0.240. The third-order valence-corrected chi connectivity index (χ3v) is 5.69. The van der Waals surface area contributed by atoms with Crippen LogP contribution in [-0.4, -0.2) is 47.4 Å². The molecule has 0 aliphatic carbocycles. The minimum absolute atomic E-state index is 0.934. The Morgan fingerprint density at radius 2 is 1.82 bits per heavy atom. The van der Waals surface area contributed by atoms with E-state index in [1.165, 1.54) is 71.1 Å². The van der Waals surface area contributed by atoms with E-state index in [1.54, 1.807) is 0 Å². The fraction of sp³-hybridized carbons (Fsp3) is 0.933. The van der Waals surface area contributed by atoms with Gasteiger partial charge in [-0.2, -0.15) is 0 Å². The van der Waals surface area contributed by atoms with Crippen LogP contribution in [0.4, 0.5) is 0 Å². The number of nitrogens with zero attached hydrogens (tertiary/aromatic N) is 2. The molecule has 2 saturated heterocycles. The van der Waals surface area contributed by atoms with Crippen LogP contribution in [0.15, 0.2) is 0 Å². The molecule has 0 N–H and O–H groups in total. The van der Waals surface area contributed by atoms with Crippen molar-refractivity contribution in [3.05, 3.63) is 0 Å². The summed E-state index contributed by atoms with van der Waals surface area (Å²) in [7, 11) is -4.94. The number of rotatable bonds is 0. The molecule has 4 rings (SSSR count). The van der Waals surface area contributed by atoms with Gasteiger partial charge < -0.3 is 0 Å². The third kappa shape index (κ3) is 3.99. The smallest absolute Gasteiger partial charge is 0.156 e. The molecule has 0 spiro atoms. The van der Waals surface area contributed by atoms with Gasteiger partial charge in [-0.25, -0.2) is 23.2 Å². The molecule has 0 aromatic rings. The molecule has 4 aliphatic heterocycles. The molecular formula is C15H25ClN2O4. The largest absolute Gasteiger partial charge is 0.299 e. The molecule has 0 saturated carbocycles. The normalized spacial score (nSPS) is 35.2. The van der Waals surface area contributed by atoms with Gasteiger partial charge in [0.1, 0.15) is 13.1 Å². The van der Waals surface area contributed by atoms with Gasteiger partial charge in [0.2, 0.25) is 0 Å². The number of halogens is 1. The van der Waals surface area contributed by atoms with Crippen molar-refractivity contribution in [2.24, 2.45) is 11.8 Å². The predicted octanol–water partition coefficient (Wildman–Crippen LogP) is -2.63. The molecule has 2 bridgehead atoms. The lowest BCUT2D eigenvalue weighted by molar-refractivity contribution is -2.00. The number of hydrogen-bond acceptors (Lipinski definition) is 5. The van der Waals surface area contributed by atoms with E-state index >= 15 is 0 Å². The fourth-order valence-corrected chi connectivity index (χ4v) is 4.96. The molecular weight excluding hydrogens is 308 g/mol. The zero-order valence-electron chi connectivity index (χ0n) is 12.9. The topological polar surface area (TPSA) is 98.5 Å². The predicted molar refractivity (Wildman–Crippen MR) is 69.7 cm³/mol. The van der Waals surface area contributed by atoms with E-state index in [2.05, 4.69) is 9.48 Å². The number of hydrogen-bond donors (Lipinski definition) is 0. The second-order valence-electron chi connectivity index (χ2n) is 7.02. The summed E-state index contributed by atoms with van der Waals surface area (Å²) in [5.41, 5.74) is 1.84. The van der Waals surface area contributed by atoms with E-state index in [0.717, 1.165) is 17.9 Å². The van der Waals surface area contributed by atoms with Crippen LogP contribution in [0.2, 0.25) is 0 Å². The highest BCUT2D eigenvalue weighted by molar-refractivity contribution is 5.83. The van der Waals surface area contributed by atoms with Crippen molar-refractivity contribution in [1.29, 1.82) is 0 Å². The average Bonchev–Trinajstić information content (AvgIpc) is 2.46. The molecule has 126 valence electrons. The highest BCUT2D eigenvalue weighted by Crippen LogP contribution is 2.38. The second-order valence-corrected chi connectivity index (χ2v) is 7.78. The Bertz CT molecular complexity index is 432. The van der Waals surface area contributed by atoms with Crippen LogP contribution in [0.1, 0.15) is 44.9 Å². The molecule has 0 radical (unpaired) electrons. The zero-order valence-corrected chi connectivity index (χ0v) is 13.7. The fourth-order valence-electron chi connectivity index (χ4n) is 4.96. The van der Waals surface area contributed by atoms with Gasteiger partial charge in [0, 0.05) is 31.3 Å². The van der Waals surface area contributed by atoms with Crippen LogP contribution in [0.25, 0.3) is 0 Å². The molecule has 0 aromatic carbocycles. The van der Waals surface area contributed by atoms with Gasteiger partial charge in [0.25, 0.3) is 0 Å². The van der Waals surface area contributed by atoms with E-state index in [4.69, 9.17) is 18.6 Å². The Morgan fingerprint density at radius 1 is 1.05 bits per heavy atom. The van der Waals surface area contributed by atoms with Crippen molar-refractivity contribution in [3.8, 4) is 0 Å². The van der Waals surface area contributed by atoms with Crippen molar-refractivity contribution in [2.75, 3.05) is 26.2 Å². The van der Waals surface area contributed by atoms with E-state index in [9.17, 15) is 0 Å². The summed E-state index contributed by atoms with van der Waals surface area (Å²) in [6.07, 6.45) is 10.3. The minimum Gasteiger partial charge on any atom is -0.299 e. The van der Waals surface area contributed by atoms with Crippen LogP contribution < -0.4 is 18.6 Å². The first-order valence-electron chi connectivity index (χ1n) is 8.38. The Kier molecular flexibility index (Phi) is 5.07. The SMILES string of the molecule is C1CC[N+]2=C(C1)[C@H]1C[C@@H](C2)[C@@H]2CCCCN2C1.[O-][Cl+3]([O-])([O-])[O-]. The summed E-state index contributed by atoms with van der Waals surface area (Å²) in [5, 5.41) is 0. The summed E-state index contributed by atoms with van der Waals surface area (Å²) in [5.74, 6) is 1.93. The number of fused-ring (bicyclic) bond motifs is 5. The second kappa shape index (κ2) is 6.71. The first kappa shape index (κ1) is 16.6. The van der Waals surface area contributed by atoms with Crippen LogP contribution in [0.3, 0.4) is 0 Å². The summed E-state index contributed by atoms with van der Waals surface area (Å²) in [6, 6.07) is 0.948. The lowest BCUT2D eigenvalue weighted by atomic mass is 9.73. The summed E-state index contributed by atoms with van der Waals surface area (Å²) < 4.78 is 36.8. The van der Waals surface area contributed by atoms with Crippen molar-refractivity contribution < 1.29 is 33.5 Å². The first-order chi connectivity index (χ1) is 10.4. The first-order valence-corrected chi connectivity index (χ1v) is 9.62.